The first-order valence-corrected chi connectivity index (χ1v) is 5.84. The van der Waals surface area contributed by atoms with Gasteiger partial charge < -0.3 is 9.47 Å². The molecule has 0 aliphatic heterocycles. The minimum atomic E-state index is -0.976. The zero-order chi connectivity index (χ0) is 14.5. The molecule has 0 N–H and O–H groups in total. The molecule has 0 aliphatic rings. The second-order valence-electron chi connectivity index (χ2n) is 4.05. The smallest absolute Gasteiger partial charge is 0.162 e. The standard InChI is InChI=1S/C15H12F2O3/c1-19-15-5-2-10(8-18)6-11(15)9-20-12-3-4-13(16)14(17)7-12/h2-8H,9H2,1H3. The molecule has 0 aliphatic carbocycles. The maximum Gasteiger partial charge on any atom is 0.162 e. The SMILES string of the molecule is COc1ccc(C=O)cc1COc1ccc(F)c(F)c1. The number of halogens is 2. The van der Waals surface area contributed by atoms with Crippen molar-refractivity contribution >= 4 is 6.29 Å². The lowest BCUT2D eigenvalue weighted by Gasteiger charge is -2.11. The van der Waals surface area contributed by atoms with Crippen molar-refractivity contribution in [3.63, 3.8) is 0 Å². The molecular formula is C15H12F2O3. The van der Waals surface area contributed by atoms with Crippen molar-refractivity contribution in [2.75, 3.05) is 7.11 Å². The first-order valence-electron chi connectivity index (χ1n) is 5.84. The van der Waals surface area contributed by atoms with Crippen molar-refractivity contribution < 1.29 is 23.0 Å². The maximum absolute atomic E-state index is 13.0. The van der Waals surface area contributed by atoms with Crippen molar-refractivity contribution in [1.82, 2.24) is 0 Å². The van der Waals surface area contributed by atoms with Gasteiger partial charge in [-0.15, -0.1) is 0 Å². The third kappa shape index (κ3) is 3.12. The van der Waals surface area contributed by atoms with Crippen LogP contribution < -0.4 is 9.47 Å². The fourth-order valence-electron chi connectivity index (χ4n) is 1.71. The first kappa shape index (κ1) is 14.0. The average molecular weight is 278 g/mol. The molecule has 0 heterocycles. The van der Waals surface area contributed by atoms with E-state index in [4.69, 9.17) is 9.47 Å². The molecule has 0 saturated carbocycles. The Balaban J connectivity index is 2.17. The molecule has 2 aromatic rings. The summed E-state index contributed by atoms with van der Waals surface area (Å²) >= 11 is 0. The second-order valence-corrected chi connectivity index (χ2v) is 4.05. The van der Waals surface area contributed by atoms with Crippen LogP contribution in [0.2, 0.25) is 0 Å². The topological polar surface area (TPSA) is 35.5 Å². The zero-order valence-corrected chi connectivity index (χ0v) is 10.7. The summed E-state index contributed by atoms with van der Waals surface area (Å²) in [6.07, 6.45) is 0.709. The number of carbonyl (C=O) groups excluding carboxylic acids is 1. The van der Waals surface area contributed by atoms with Crippen LogP contribution in [0.3, 0.4) is 0 Å². The Kier molecular flexibility index (Phi) is 4.30. The predicted octanol–water partition coefficient (Wildman–Crippen LogP) is 3.36. The number of ether oxygens (including phenoxy) is 2. The summed E-state index contributed by atoms with van der Waals surface area (Å²) < 4.78 is 36.3. The summed E-state index contributed by atoms with van der Waals surface area (Å²) in [7, 11) is 1.50. The number of rotatable bonds is 5. The summed E-state index contributed by atoms with van der Waals surface area (Å²) in [5.74, 6) is -1.16. The zero-order valence-electron chi connectivity index (χ0n) is 10.7. The summed E-state index contributed by atoms with van der Waals surface area (Å²) in [5.41, 5.74) is 1.12. The maximum atomic E-state index is 13.0. The predicted molar refractivity (Wildman–Crippen MR) is 69.1 cm³/mol. The van der Waals surface area contributed by atoms with Gasteiger partial charge >= 0.3 is 0 Å². The Morgan fingerprint density at radius 3 is 2.55 bits per heavy atom. The van der Waals surface area contributed by atoms with Crippen molar-refractivity contribution in [1.29, 1.82) is 0 Å². The van der Waals surface area contributed by atoms with Gasteiger partial charge in [-0.3, -0.25) is 4.79 Å². The summed E-state index contributed by atoms with van der Waals surface area (Å²) in [5, 5.41) is 0. The van der Waals surface area contributed by atoms with Crippen LogP contribution in [0.1, 0.15) is 15.9 Å². The number of aldehydes is 1. The van der Waals surface area contributed by atoms with E-state index >= 15 is 0 Å². The van der Waals surface area contributed by atoms with Gasteiger partial charge in [-0.2, -0.15) is 0 Å². The van der Waals surface area contributed by atoms with E-state index in [-0.39, 0.29) is 12.4 Å². The van der Waals surface area contributed by atoms with E-state index in [0.29, 0.717) is 23.2 Å². The average Bonchev–Trinajstić information content (AvgIpc) is 2.48. The molecule has 5 heteroatoms. The molecule has 0 aromatic heterocycles. The normalized spacial score (nSPS) is 10.2. The van der Waals surface area contributed by atoms with E-state index in [9.17, 15) is 13.6 Å². The molecule has 2 aromatic carbocycles. The number of benzene rings is 2. The lowest BCUT2D eigenvalue weighted by molar-refractivity contribution is 0.112. The Morgan fingerprint density at radius 1 is 1.10 bits per heavy atom. The van der Waals surface area contributed by atoms with Crippen LogP contribution in [-0.2, 0) is 6.61 Å². The fraction of sp³-hybridized carbons (Fsp3) is 0.133. The van der Waals surface area contributed by atoms with E-state index in [1.54, 1.807) is 18.2 Å². The van der Waals surface area contributed by atoms with Gasteiger partial charge in [0, 0.05) is 17.2 Å². The van der Waals surface area contributed by atoms with Crippen molar-refractivity contribution in [3.05, 3.63) is 59.2 Å². The van der Waals surface area contributed by atoms with E-state index in [0.717, 1.165) is 12.1 Å². The summed E-state index contributed by atoms with van der Waals surface area (Å²) in [6.45, 7) is 0.0793. The molecule has 0 unspecified atom stereocenters. The highest BCUT2D eigenvalue weighted by atomic mass is 19.2. The van der Waals surface area contributed by atoms with E-state index in [2.05, 4.69) is 0 Å². The molecule has 0 radical (unpaired) electrons. The highest BCUT2D eigenvalue weighted by molar-refractivity contribution is 5.75. The summed E-state index contributed by atoms with van der Waals surface area (Å²) in [4.78, 5) is 10.7. The molecule has 3 nitrogen and oxygen atoms in total. The number of hydrogen-bond acceptors (Lipinski definition) is 3. The van der Waals surface area contributed by atoms with Gasteiger partial charge in [-0.25, -0.2) is 8.78 Å². The van der Waals surface area contributed by atoms with Gasteiger partial charge in [0.05, 0.1) is 7.11 Å². The minimum Gasteiger partial charge on any atom is -0.496 e. The van der Waals surface area contributed by atoms with Crippen LogP contribution in [0.15, 0.2) is 36.4 Å². The van der Waals surface area contributed by atoms with Crippen LogP contribution in [-0.4, -0.2) is 13.4 Å². The largest absolute Gasteiger partial charge is 0.496 e. The van der Waals surface area contributed by atoms with Crippen molar-refractivity contribution in [2.45, 2.75) is 6.61 Å². The van der Waals surface area contributed by atoms with Crippen LogP contribution in [0.4, 0.5) is 8.78 Å². The molecule has 0 atom stereocenters. The lowest BCUT2D eigenvalue weighted by Crippen LogP contribution is -2.00. The fourth-order valence-corrected chi connectivity index (χ4v) is 1.71. The quantitative estimate of drug-likeness (QED) is 0.787. The van der Waals surface area contributed by atoms with Crippen LogP contribution in [0, 0.1) is 11.6 Å². The Bertz CT molecular complexity index is 627. The van der Waals surface area contributed by atoms with Gasteiger partial charge in [-0.1, -0.05) is 0 Å². The van der Waals surface area contributed by atoms with Gasteiger partial charge in [0.25, 0.3) is 0 Å². The first-order chi connectivity index (χ1) is 9.63. The third-order valence-corrected chi connectivity index (χ3v) is 2.73. The number of carbonyl (C=O) groups is 1. The molecule has 20 heavy (non-hydrogen) atoms. The molecule has 0 bridgehead atoms. The van der Waals surface area contributed by atoms with Gasteiger partial charge in [-0.05, 0) is 30.3 Å². The van der Waals surface area contributed by atoms with Crippen LogP contribution in [0.25, 0.3) is 0 Å². The number of methoxy groups -OCH3 is 1. The third-order valence-electron chi connectivity index (χ3n) is 2.73. The van der Waals surface area contributed by atoms with Gasteiger partial charge in [0.1, 0.15) is 24.4 Å². The van der Waals surface area contributed by atoms with Crippen molar-refractivity contribution in [3.8, 4) is 11.5 Å². The molecule has 104 valence electrons. The molecular weight excluding hydrogens is 266 g/mol. The van der Waals surface area contributed by atoms with Gasteiger partial charge in [0.15, 0.2) is 11.6 Å². The number of hydrogen-bond donors (Lipinski definition) is 0. The molecule has 0 amide bonds. The van der Waals surface area contributed by atoms with Gasteiger partial charge in [0.2, 0.25) is 0 Å². The highest BCUT2D eigenvalue weighted by Gasteiger charge is 2.07. The Hall–Kier alpha value is -2.43. The van der Waals surface area contributed by atoms with E-state index in [1.807, 2.05) is 0 Å². The summed E-state index contributed by atoms with van der Waals surface area (Å²) in [6, 6.07) is 8.16. The lowest BCUT2D eigenvalue weighted by atomic mass is 10.1. The minimum absolute atomic E-state index is 0.0793. The Morgan fingerprint density at radius 2 is 1.90 bits per heavy atom. The van der Waals surface area contributed by atoms with Crippen LogP contribution in [0.5, 0.6) is 11.5 Å². The van der Waals surface area contributed by atoms with E-state index < -0.39 is 11.6 Å². The highest BCUT2D eigenvalue weighted by Crippen LogP contribution is 2.22. The second kappa shape index (κ2) is 6.14. The molecule has 0 spiro atoms. The monoisotopic (exact) mass is 278 g/mol. The Labute approximate surface area is 114 Å². The van der Waals surface area contributed by atoms with Crippen LogP contribution >= 0.6 is 0 Å². The van der Waals surface area contributed by atoms with Crippen molar-refractivity contribution in [2.24, 2.45) is 0 Å². The molecule has 0 fully saturated rings. The van der Waals surface area contributed by atoms with E-state index in [1.165, 1.54) is 13.2 Å². The molecule has 2 rings (SSSR count). The molecule has 0 saturated heterocycles.